The van der Waals surface area contributed by atoms with E-state index >= 15 is 0 Å². The summed E-state index contributed by atoms with van der Waals surface area (Å²) in [5.74, 6) is 0.0630. The van der Waals surface area contributed by atoms with E-state index in [4.69, 9.17) is 12.8 Å². The van der Waals surface area contributed by atoms with Crippen LogP contribution in [0.4, 0.5) is 15.8 Å². The molecule has 0 bridgehead atoms. The van der Waals surface area contributed by atoms with E-state index in [1.54, 1.807) is 18.3 Å². The first kappa shape index (κ1) is 25.4. The summed E-state index contributed by atoms with van der Waals surface area (Å²) in [5.41, 5.74) is 4.01. The maximum absolute atomic E-state index is 13.9. The van der Waals surface area contributed by atoms with Crippen molar-refractivity contribution < 1.29 is 4.39 Å². The Morgan fingerprint density at radius 1 is 1.13 bits per heavy atom. The lowest BCUT2D eigenvalue weighted by atomic mass is 9.69. The summed E-state index contributed by atoms with van der Waals surface area (Å²) in [7, 11) is 7.12. The predicted octanol–water partition coefficient (Wildman–Crippen LogP) is 5.99. The molecule has 2 heterocycles. The Bertz CT molecular complexity index is 1580. The number of hydrogen-bond donors (Lipinski definition) is 2. The Morgan fingerprint density at radius 3 is 2.51 bits per heavy atom. The first-order valence-electron chi connectivity index (χ1n) is 13.5. The van der Waals surface area contributed by atoms with E-state index < -0.39 is 5.44 Å². The average molecular weight is 519 g/mol. The highest BCUT2D eigenvalue weighted by Crippen LogP contribution is 2.46. The van der Waals surface area contributed by atoms with Gasteiger partial charge in [-0.2, -0.15) is 5.26 Å². The van der Waals surface area contributed by atoms with Gasteiger partial charge in [0.2, 0.25) is 0 Å². The summed E-state index contributed by atoms with van der Waals surface area (Å²) < 4.78 is 15.7. The molecule has 6 rings (SSSR count). The second kappa shape index (κ2) is 9.37. The van der Waals surface area contributed by atoms with Gasteiger partial charge in [0.05, 0.1) is 34.4 Å². The number of nitriles is 1. The minimum absolute atomic E-state index is 0.0138. The number of hydrogen-bond acceptors (Lipinski definition) is 6. The van der Waals surface area contributed by atoms with Crippen LogP contribution in [0.2, 0.25) is 0 Å². The molecule has 7 nitrogen and oxygen atoms in total. The first-order chi connectivity index (χ1) is 18.6. The normalized spacial score (nSPS) is 17.0. The molecule has 39 heavy (non-hydrogen) atoms. The highest BCUT2D eigenvalue weighted by atomic mass is 19.1. The molecule has 0 saturated heterocycles. The lowest BCUT2D eigenvalue weighted by molar-refractivity contribution is 0.443. The van der Waals surface area contributed by atoms with Crippen molar-refractivity contribution in [3.05, 3.63) is 77.0 Å². The van der Waals surface area contributed by atoms with Gasteiger partial charge in [-0.25, -0.2) is 9.07 Å². The standard InChI is InChI=1S/C30H31BFN7/c1-29(2,3)17-35-27-19(14-33)15-34-28-24(18-4-5-18)12-22(13-25(27)28)36-30(31,20-6-8-21(32)9-7-20)26-16-39(38-37-26)23-10-11-23/h6-9,12-13,15-16,18,23,36H,4-5,10-11,17H2,1-3H3,(H,34,35). The molecule has 0 amide bonds. The van der Waals surface area contributed by atoms with Crippen molar-refractivity contribution in [2.45, 2.75) is 63.9 Å². The van der Waals surface area contributed by atoms with Crippen LogP contribution in [0.15, 0.2) is 48.8 Å². The summed E-state index contributed by atoms with van der Waals surface area (Å²) >= 11 is 0. The monoisotopic (exact) mass is 519 g/mol. The number of nitrogens with one attached hydrogen (secondary N) is 2. The fourth-order valence-electron chi connectivity index (χ4n) is 4.94. The van der Waals surface area contributed by atoms with Gasteiger partial charge in [0, 0.05) is 23.8 Å². The van der Waals surface area contributed by atoms with Crippen LogP contribution in [0.3, 0.4) is 0 Å². The van der Waals surface area contributed by atoms with E-state index in [1.807, 2.05) is 16.9 Å². The van der Waals surface area contributed by atoms with Crippen LogP contribution in [0.25, 0.3) is 10.9 Å². The van der Waals surface area contributed by atoms with E-state index in [0.29, 0.717) is 35.3 Å². The summed E-state index contributed by atoms with van der Waals surface area (Å²) in [6.07, 6.45) is 7.85. The average Bonchev–Trinajstić information content (AvgIpc) is 3.85. The van der Waals surface area contributed by atoms with Gasteiger partial charge in [-0.3, -0.25) is 4.98 Å². The van der Waals surface area contributed by atoms with Crippen LogP contribution < -0.4 is 10.6 Å². The maximum Gasteiger partial charge on any atom is 0.123 e. The molecule has 9 heteroatoms. The van der Waals surface area contributed by atoms with Crippen LogP contribution >= 0.6 is 0 Å². The summed E-state index contributed by atoms with van der Waals surface area (Å²) in [6.45, 7) is 7.15. The minimum Gasteiger partial charge on any atom is -0.383 e. The molecule has 1 unspecified atom stereocenters. The Kier molecular flexibility index (Phi) is 6.09. The Labute approximate surface area is 229 Å². The lowest BCUT2D eigenvalue weighted by Gasteiger charge is -2.32. The fourth-order valence-corrected chi connectivity index (χ4v) is 4.94. The van der Waals surface area contributed by atoms with Crippen LogP contribution in [0.5, 0.6) is 0 Å². The first-order valence-corrected chi connectivity index (χ1v) is 13.5. The molecule has 2 radical (unpaired) electrons. The van der Waals surface area contributed by atoms with Crippen molar-refractivity contribution in [2.24, 2.45) is 5.41 Å². The molecule has 2 N–H and O–H groups in total. The van der Waals surface area contributed by atoms with Crippen molar-refractivity contribution >= 4 is 30.1 Å². The molecule has 2 aromatic carbocycles. The number of benzene rings is 2. The van der Waals surface area contributed by atoms with Crippen molar-refractivity contribution in [3.8, 4) is 6.07 Å². The third-order valence-electron chi connectivity index (χ3n) is 7.41. The van der Waals surface area contributed by atoms with Crippen molar-refractivity contribution in [2.75, 3.05) is 17.2 Å². The van der Waals surface area contributed by atoms with Crippen LogP contribution in [-0.2, 0) is 5.44 Å². The molecule has 2 aliphatic rings. The Balaban J connectivity index is 1.49. The van der Waals surface area contributed by atoms with Gasteiger partial charge in [-0.15, -0.1) is 5.10 Å². The van der Waals surface area contributed by atoms with Crippen molar-refractivity contribution in [1.29, 1.82) is 5.26 Å². The molecule has 2 saturated carbocycles. The van der Waals surface area contributed by atoms with Crippen molar-refractivity contribution in [3.63, 3.8) is 0 Å². The largest absolute Gasteiger partial charge is 0.383 e. The fraction of sp³-hybridized carbons (Fsp3) is 0.400. The molecule has 196 valence electrons. The van der Waals surface area contributed by atoms with E-state index in [1.165, 1.54) is 12.1 Å². The van der Waals surface area contributed by atoms with Crippen molar-refractivity contribution in [1.82, 2.24) is 20.0 Å². The maximum atomic E-state index is 13.9. The van der Waals surface area contributed by atoms with E-state index in [2.05, 4.69) is 53.9 Å². The third-order valence-corrected chi connectivity index (χ3v) is 7.41. The molecule has 0 aliphatic heterocycles. The summed E-state index contributed by atoms with van der Waals surface area (Å²) in [4.78, 5) is 4.72. The zero-order valence-corrected chi connectivity index (χ0v) is 22.5. The van der Waals surface area contributed by atoms with Gasteiger partial charge in [0.1, 0.15) is 25.4 Å². The Morgan fingerprint density at radius 2 is 1.87 bits per heavy atom. The number of nitrogens with zero attached hydrogens (tertiary/aromatic N) is 5. The van der Waals surface area contributed by atoms with Gasteiger partial charge >= 0.3 is 0 Å². The van der Waals surface area contributed by atoms with Crippen LogP contribution in [0, 0.1) is 22.6 Å². The summed E-state index contributed by atoms with van der Waals surface area (Å²) in [5, 5.41) is 26.6. The summed E-state index contributed by atoms with van der Waals surface area (Å²) in [6, 6.07) is 12.9. The van der Waals surface area contributed by atoms with Crippen LogP contribution in [-0.4, -0.2) is 34.4 Å². The SMILES string of the molecule is [B]C(Nc1cc(C2CC2)c2ncc(C#N)c(NCC(C)(C)C)c2c1)(c1ccc(F)cc1)c1cn(C2CC2)nn1. The molecule has 0 spiro atoms. The molecule has 2 aromatic heterocycles. The smallest absolute Gasteiger partial charge is 0.123 e. The van der Waals surface area contributed by atoms with Gasteiger partial charge in [-0.1, -0.05) is 38.1 Å². The highest BCUT2D eigenvalue weighted by molar-refractivity contribution is 6.19. The number of aromatic nitrogens is 4. The molecule has 2 fully saturated rings. The van der Waals surface area contributed by atoms with Gasteiger partial charge < -0.3 is 10.6 Å². The predicted molar refractivity (Wildman–Crippen MR) is 151 cm³/mol. The van der Waals surface area contributed by atoms with Gasteiger partial charge in [0.15, 0.2) is 0 Å². The second-order valence-corrected chi connectivity index (χ2v) is 12.1. The second-order valence-electron chi connectivity index (χ2n) is 12.1. The number of anilines is 2. The highest BCUT2D eigenvalue weighted by Gasteiger charge is 2.35. The zero-order chi connectivity index (χ0) is 27.4. The molecule has 1 atom stereocenters. The molecular weight excluding hydrogens is 488 g/mol. The number of pyridine rings is 1. The van der Waals surface area contributed by atoms with Crippen LogP contribution in [0.1, 0.15) is 80.8 Å². The third kappa shape index (κ3) is 5.08. The zero-order valence-electron chi connectivity index (χ0n) is 22.5. The number of fused-ring (bicyclic) bond motifs is 1. The van der Waals surface area contributed by atoms with Gasteiger partial charge in [0.25, 0.3) is 0 Å². The van der Waals surface area contributed by atoms with E-state index in [-0.39, 0.29) is 11.2 Å². The van der Waals surface area contributed by atoms with E-state index in [9.17, 15) is 9.65 Å². The Hall–Kier alpha value is -3.93. The molecule has 2 aliphatic carbocycles. The molecule has 4 aromatic rings. The molecular formula is C30H31BFN7. The number of halogens is 1. The van der Waals surface area contributed by atoms with E-state index in [0.717, 1.165) is 53.5 Å². The quantitative estimate of drug-likeness (QED) is 0.278. The lowest BCUT2D eigenvalue weighted by Crippen LogP contribution is -2.38. The van der Waals surface area contributed by atoms with Gasteiger partial charge in [-0.05, 0) is 72.4 Å². The number of rotatable bonds is 8. The minimum atomic E-state index is -1.27. The topological polar surface area (TPSA) is 91.5 Å².